The average molecular weight is 287 g/mol. The van der Waals surface area contributed by atoms with Crippen LogP contribution in [0.25, 0.3) is 11.2 Å². The first-order valence-corrected chi connectivity index (χ1v) is 6.02. The van der Waals surface area contributed by atoms with Crippen molar-refractivity contribution in [3.8, 4) is 5.75 Å². The monoisotopic (exact) mass is 287 g/mol. The second-order valence-electron chi connectivity index (χ2n) is 4.16. The molecule has 3 aromatic rings. The van der Waals surface area contributed by atoms with Gasteiger partial charge in [-0.1, -0.05) is 18.2 Å². The molecule has 2 aromatic heterocycles. The summed E-state index contributed by atoms with van der Waals surface area (Å²) in [6, 6.07) is 8.85. The van der Waals surface area contributed by atoms with E-state index in [1.54, 1.807) is 24.3 Å². The largest absolute Gasteiger partial charge is 0.484 e. The van der Waals surface area contributed by atoms with Crippen molar-refractivity contribution in [3.63, 3.8) is 0 Å². The molecular weight excluding hydrogens is 277 g/mol. The van der Waals surface area contributed by atoms with E-state index in [0.717, 1.165) is 4.57 Å². The normalized spacial score (nSPS) is 10.7. The zero-order valence-corrected chi connectivity index (χ0v) is 10.7. The Morgan fingerprint density at radius 2 is 2.05 bits per heavy atom. The van der Waals surface area contributed by atoms with Gasteiger partial charge >= 0.3 is 6.08 Å². The summed E-state index contributed by atoms with van der Waals surface area (Å²) in [5.41, 5.74) is 5.71. The lowest BCUT2D eigenvalue weighted by atomic mass is 10.3. The molecule has 0 saturated heterocycles. The maximum atomic E-state index is 13.2. The highest BCUT2D eigenvalue weighted by atomic mass is 19.1. The fraction of sp³-hybridized carbons (Fsp3) is 0.0769. The van der Waals surface area contributed by atoms with E-state index in [2.05, 4.69) is 15.0 Å². The molecule has 0 aliphatic heterocycles. The summed E-state index contributed by atoms with van der Waals surface area (Å²) in [7, 11) is 0. The summed E-state index contributed by atoms with van der Waals surface area (Å²) in [5, 5.41) is 0. The van der Waals surface area contributed by atoms with Crippen LogP contribution >= 0.6 is 0 Å². The molecule has 0 saturated carbocycles. The van der Waals surface area contributed by atoms with Gasteiger partial charge in [0.2, 0.25) is 0 Å². The standard InChI is InChI=1S/C13H10FN5O2/c14-13-17-11(15)10-12(18-13)19(7-16-10)9(20)6-21-8-4-2-1-3-5-8/h1-5,7H,6H2,(H2,15,17,18). The number of fused-ring (bicyclic) bond motifs is 1. The maximum absolute atomic E-state index is 13.2. The smallest absolute Gasteiger partial charge is 0.312 e. The Bertz CT molecular complexity index is 803. The van der Waals surface area contributed by atoms with Gasteiger partial charge in [-0.2, -0.15) is 14.4 Å². The van der Waals surface area contributed by atoms with E-state index in [-0.39, 0.29) is 23.6 Å². The number of carbonyl (C=O) groups is 1. The van der Waals surface area contributed by atoms with Crippen molar-refractivity contribution in [2.24, 2.45) is 0 Å². The van der Waals surface area contributed by atoms with Crippen LogP contribution in [-0.4, -0.2) is 32.0 Å². The SMILES string of the molecule is Nc1nc(F)nc2c1ncn2C(=O)COc1ccccc1. The zero-order chi connectivity index (χ0) is 14.8. The lowest BCUT2D eigenvalue weighted by molar-refractivity contribution is 0.0842. The van der Waals surface area contributed by atoms with E-state index in [1.165, 1.54) is 6.33 Å². The molecule has 0 spiro atoms. The van der Waals surface area contributed by atoms with Gasteiger partial charge in [0.1, 0.15) is 12.1 Å². The number of aromatic nitrogens is 4. The quantitative estimate of drug-likeness (QED) is 0.729. The minimum absolute atomic E-state index is 0.0154. The lowest BCUT2D eigenvalue weighted by Gasteiger charge is -2.06. The van der Waals surface area contributed by atoms with Crippen LogP contribution in [-0.2, 0) is 0 Å². The van der Waals surface area contributed by atoms with Gasteiger partial charge in [0, 0.05) is 0 Å². The number of carbonyl (C=O) groups excluding carboxylic acids is 1. The maximum Gasteiger partial charge on any atom is 0.312 e. The second kappa shape index (κ2) is 5.16. The molecule has 0 bridgehead atoms. The second-order valence-corrected chi connectivity index (χ2v) is 4.16. The number of nitrogens with two attached hydrogens (primary N) is 1. The van der Waals surface area contributed by atoms with Crippen LogP contribution in [0.2, 0.25) is 0 Å². The number of nitrogens with zero attached hydrogens (tertiary/aromatic N) is 4. The number of rotatable bonds is 3. The summed E-state index contributed by atoms with van der Waals surface area (Å²) in [5.74, 6) is -0.0116. The molecule has 21 heavy (non-hydrogen) atoms. The molecule has 106 valence electrons. The molecule has 3 rings (SSSR count). The van der Waals surface area contributed by atoms with Crippen LogP contribution in [0.3, 0.4) is 0 Å². The van der Waals surface area contributed by atoms with Crippen molar-refractivity contribution < 1.29 is 13.9 Å². The van der Waals surface area contributed by atoms with Gasteiger partial charge in [0.15, 0.2) is 23.6 Å². The zero-order valence-electron chi connectivity index (χ0n) is 10.7. The van der Waals surface area contributed by atoms with Crippen molar-refractivity contribution in [3.05, 3.63) is 42.7 Å². The molecular formula is C13H10FN5O2. The first-order chi connectivity index (χ1) is 10.1. The van der Waals surface area contributed by atoms with Crippen molar-refractivity contribution in [1.29, 1.82) is 0 Å². The molecule has 0 fully saturated rings. The highest BCUT2D eigenvalue weighted by Crippen LogP contribution is 2.16. The van der Waals surface area contributed by atoms with E-state index < -0.39 is 12.0 Å². The fourth-order valence-corrected chi connectivity index (χ4v) is 1.81. The molecule has 1 aromatic carbocycles. The number of hydrogen-bond acceptors (Lipinski definition) is 6. The molecule has 0 aliphatic rings. The third kappa shape index (κ3) is 2.50. The van der Waals surface area contributed by atoms with Gasteiger partial charge in [-0.15, -0.1) is 0 Å². The summed E-state index contributed by atoms with van der Waals surface area (Å²) < 4.78 is 19.6. The molecule has 0 aliphatic carbocycles. The Hall–Kier alpha value is -3.03. The van der Waals surface area contributed by atoms with Gasteiger partial charge < -0.3 is 10.5 Å². The lowest BCUT2D eigenvalue weighted by Crippen LogP contribution is -2.19. The summed E-state index contributed by atoms with van der Waals surface area (Å²) in [6.07, 6.45) is 0.199. The highest BCUT2D eigenvalue weighted by Gasteiger charge is 2.16. The molecule has 8 heteroatoms. The van der Waals surface area contributed by atoms with Crippen LogP contribution in [0.1, 0.15) is 4.79 Å². The fourth-order valence-electron chi connectivity index (χ4n) is 1.81. The van der Waals surface area contributed by atoms with Crippen LogP contribution in [0, 0.1) is 6.08 Å². The van der Waals surface area contributed by atoms with Crippen LogP contribution in [0.4, 0.5) is 10.2 Å². The van der Waals surface area contributed by atoms with E-state index in [0.29, 0.717) is 5.75 Å². The van der Waals surface area contributed by atoms with Crippen molar-refractivity contribution >= 4 is 22.9 Å². The van der Waals surface area contributed by atoms with E-state index in [1.807, 2.05) is 6.07 Å². The number of nitrogen functional groups attached to an aromatic ring is 1. The van der Waals surface area contributed by atoms with Gasteiger partial charge in [0.25, 0.3) is 5.91 Å². The van der Waals surface area contributed by atoms with Gasteiger partial charge in [-0.25, -0.2) is 9.55 Å². The highest BCUT2D eigenvalue weighted by molar-refractivity contribution is 5.92. The predicted molar refractivity (Wildman–Crippen MR) is 72.3 cm³/mol. The molecule has 2 N–H and O–H groups in total. The number of anilines is 1. The molecule has 0 amide bonds. The molecule has 0 radical (unpaired) electrons. The topological polar surface area (TPSA) is 95.9 Å². The Kier molecular flexibility index (Phi) is 3.19. The Morgan fingerprint density at radius 3 is 2.81 bits per heavy atom. The van der Waals surface area contributed by atoms with E-state index >= 15 is 0 Å². The predicted octanol–water partition coefficient (Wildman–Crippen LogP) is 1.27. The van der Waals surface area contributed by atoms with Crippen LogP contribution in [0.5, 0.6) is 5.75 Å². The molecule has 7 nitrogen and oxygen atoms in total. The van der Waals surface area contributed by atoms with E-state index in [4.69, 9.17) is 10.5 Å². The number of ether oxygens (including phenoxy) is 1. The van der Waals surface area contributed by atoms with Gasteiger partial charge in [-0.05, 0) is 12.1 Å². The first kappa shape index (κ1) is 13.0. The summed E-state index contributed by atoms with van der Waals surface area (Å²) in [4.78, 5) is 22.9. The third-order valence-corrected chi connectivity index (χ3v) is 2.77. The van der Waals surface area contributed by atoms with Crippen molar-refractivity contribution in [2.75, 3.05) is 12.3 Å². The average Bonchev–Trinajstić information content (AvgIpc) is 2.90. The first-order valence-electron chi connectivity index (χ1n) is 6.02. The molecule has 0 atom stereocenters. The summed E-state index contributed by atoms with van der Waals surface area (Å²) >= 11 is 0. The minimum Gasteiger partial charge on any atom is -0.484 e. The molecule has 2 heterocycles. The number of halogens is 1. The van der Waals surface area contributed by atoms with Crippen molar-refractivity contribution in [2.45, 2.75) is 0 Å². The number of hydrogen-bond donors (Lipinski definition) is 1. The Morgan fingerprint density at radius 1 is 1.29 bits per heavy atom. The Labute approximate surface area is 118 Å². The number of para-hydroxylation sites is 1. The van der Waals surface area contributed by atoms with Crippen LogP contribution in [0.15, 0.2) is 36.7 Å². The third-order valence-electron chi connectivity index (χ3n) is 2.77. The van der Waals surface area contributed by atoms with Gasteiger partial charge in [-0.3, -0.25) is 4.79 Å². The van der Waals surface area contributed by atoms with Gasteiger partial charge in [0.05, 0.1) is 0 Å². The minimum atomic E-state index is -1.02. The number of imidazole rings is 1. The molecule has 0 unspecified atom stereocenters. The summed E-state index contributed by atoms with van der Waals surface area (Å²) in [6.45, 7) is -0.235. The van der Waals surface area contributed by atoms with Crippen molar-refractivity contribution in [1.82, 2.24) is 19.5 Å². The Balaban J connectivity index is 1.85. The number of benzene rings is 1. The van der Waals surface area contributed by atoms with Crippen LogP contribution < -0.4 is 10.5 Å². The van der Waals surface area contributed by atoms with E-state index in [9.17, 15) is 9.18 Å².